The molecule has 0 aliphatic carbocycles. The van der Waals surface area contributed by atoms with Crippen molar-refractivity contribution in [2.24, 2.45) is 0 Å². The quantitative estimate of drug-likeness (QED) is 0.284. The van der Waals surface area contributed by atoms with Crippen LogP contribution in [0.25, 0.3) is 0 Å². The van der Waals surface area contributed by atoms with Crippen molar-refractivity contribution in [1.82, 2.24) is 4.90 Å². The van der Waals surface area contributed by atoms with Gasteiger partial charge in [0.05, 0.1) is 15.7 Å². The second-order valence-electron chi connectivity index (χ2n) is 4.09. The van der Waals surface area contributed by atoms with Gasteiger partial charge in [-0.1, -0.05) is 0 Å². The zero-order valence-corrected chi connectivity index (χ0v) is 17.7. The first-order chi connectivity index (χ1) is 9.11. The van der Waals surface area contributed by atoms with Crippen LogP contribution in [-0.2, 0) is 10.1 Å². The standard InChI is InChI=1S/C11H12I3NO4S/c1-15(3-2-4-20(17,18)19)11(16)8-5-7(12)6-9(13)10(8)14/h5-6H,2-4H2,1H3,(H,17,18,19)/p-1. The summed E-state index contributed by atoms with van der Waals surface area (Å²) in [5, 5.41) is 0. The van der Waals surface area contributed by atoms with Gasteiger partial charge in [0, 0.05) is 30.1 Å². The molecule has 0 N–H and O–H groups in total. The third-order valence-electron chi connectivity index (χ3n) is 2.46. The number of nitrogens with zero attached hydrogens (tertiary/aromatic N) is 1. The van der Waals surface area contributed by atoms with Crippen LogP contribution >= 0.6 is 67.8 Å². The van der Waals surface area contributed by atoms with E-state index in [1.54, 1.807) is 13.1 Å². The number of amides is 1. The highest BCUT2D eigenvalue weighted by molar-refractivity contribution is 14.1. The van der Waals surface area contributed by atoms with Gasteiger partial charge in [0.2, 0.25) is 0 Å². The molecule has 0 unspecified atom stereocenters. The molecule has 1 aromatic rings. The topological polar surface area (TPSA) is 77.5 Å². The molecule has 5 nitrogen and oxygen atoms in total. The van der Waals surface area contributed by atoms with Gasteiger partial charge in [-0.15, -0.1) is 0 Å². The van der Waals surface area contributed by atoms with E-state index in [1.807, 2.05) is 6.07 Å². The third kappa shape index (κ3) is 5.88. The normalized spacial score (nSPS) is 11.4. The zero-order chi connectivity index (χ0) is 15.5. The van der Waals surface area contributed by atoms with Gasteiger partial charge in [0.25, 0.3) is 5.91 Å². The lowest BCUT2D eigenvalue weighted by molar-refractivity contribution is 0.0794. The van der Waals surface area contributed by atoms with Crippen LogP contribution in [0.15, 0.2) is 12.1 Å². The predicted molar refractivity (Wildman–Crippen MR) is 101 cm³/mol. The lowest BCUT2D eigenvalue weighted by Crippen LogP contribution is -2.29. The summed E-state index contributed by atoms with van der Waals surface area (Å²) in [5.41, 5.74) is 0.592. The van der Waals surface area contributed by atoms with Gasteiger partial charge < -0.3 is 9.45 Å². The van der Waals surface area contributed by atoms with E-state index < -0.39 is 15.9 Å². The molecular formula is C11H11I3NO4S-. The minimum Gasteiger partial charge on any atom is -0.748 e. The second kappa shape index (κ2) is 7.87. The van der Waals surface area contributed by atoms with Crippen molar-refractivity contribution in [3.63, 3.8) is 0 Å². The van der Waals surface area contributed by atoms with Crippen LogP contribution in [0.1, 0.15) is 16.8 Å². The van der Waals surface area contributed by atoms with Gasteiger partial charge in [-0.2, -0.15) is 0 Å². The van der Waals surface area contributed by atoms with E-state index in [9.17, 15) is 17.8 Å². The van der Waals surface area contributed by atoms with Crippen LogP contribution in [-0.4, -0.2) is 43.1 Å². The van der Waals surface area contributed by atoms with Gasteiger partial charge in [-0.25, -0.2) is 8.42 Å². The summed E-state index contributed by atoms with van der Waals surface area (Å²) in [7, 11) is -2.62. The Hall–Kier alpha value is 0.790. The first-order valence-electron chi connectivity index (χ1n) is 5.45. The Morgan fingerprint density at radius 1 is 1.30 bits per heavy atom. The molecule has 0 radical (unpaired) electrons. The Morgan fingerprint density at radius 2 is 1.90 bits per heavy atom. The van der Waals surface area contributed by atoms with Crippen LogP contribution in [0.2, 0.25) is 0 Å². The van der Waals surface area contributed by atoms with Crippen molar-refractivity contribution in [3.8, 4) is 0 Å². The van der Waals surface area contributed by atoms with Gasteiger partial charge >= 0.3 is 0 Å². The van der Waals surface area contributed by atoms with Crippen LogP contribution < -0.4 is 0 Å². The molecule has 0 spiro atoms. The molecule has 0 heterocycles. The third-order valence-corrected chi connectivity index (χ3v) is 6.91. The summed E-state index contributed by atoms with van der Waals surface area (Å²) >= 11 is 6.43. The molecule has 9 heteroatoms. The molecule has 0 bridgehead atoms. The second-order valence-corrected chi connectivity index (χ2v) is 9.10. The van der Waals surface area contributed by atoms with Crippen molar-refractivity contribution in [2.45, 2.75) is 6.42 Å². The number of rotatable bonds is 5. The molecule has 0 atom stereocenters. The first-order valence-corrected chi connectivity index (χ1v) is 10.3. The molecule has 0 saturated carbocycles. The van der Waals surface area contributed by atoms with Crippen molar-refractivity contribution >= 4 is 83.8 Å². The van der Waals surface area contributed by atoms with Crippen molar-refractivity contribution < 1.29 is 17.8 Å². The Bertz CT molecular complexity index is 618. The first kappa shape index (κ1) is 18.8. The summed E-state index contributed by atoms with van der Waals surface area (Å²) in [6, 6.07) is 3.78. The number of hydrogen-bond acceptors (Lipinski definition) is 4. The minimum atomic E-state index is -4.22. The van der Waals surface area contributed by atoms with E-state index in [4.69, 9.17) is 0 Å². The Kier molecular flexibility index (Phi) is 7.42. The molecule has 1 amide bonds. The molecule has 0 saturated heterocycles. The predicted octanol–water partition coefficient (Wildman–Crippen LogP) is 2.51. The summed E-state index contributed by atoms with van der Waals surface area (Å²) in [4.78, 5) is 13.8. The lowest BCUT2D eigenvalue weighted by atomic mass is 10.2. The fourth-order valence-electron chi connectivity index (χ4n) is 1.50. The summed E-state index contributed by atoms with van der Waals surface area (Å²) in [6.07, 6.45) is 0.145. The Labute approximate surface area is 159 Å². The molecule has 0 fully saturated rings. The molecule has 0 aliphatic heterocycles. The van der Waals surface area contributed by atoms with Crippen molar-refractivity contribution in [3.05, 3.63) is 28.4 Å². The van der Waals surface area contributed by atoms with E-state index in [1.165, 1.54) is 4.90 Å². The fraction of sp³-hybridized carbons (Fsp3) is 0.364. The molecule has 1 rings (SSSR count). The van der Waals surface area contributed by atoms with Gasteiger partial charge in [-0.3, -0.25) is 4.79 Å². The zero-order valence-electron chi connectivity index (χ0n) is 10.4. The average Bonchev–Trinajstić information content (AvgIpc) is 2.31. The largest absolute Gasteiger partial charge is 0.748 e. The maximum atomic E-state index is 12.3. The Balaban J connectivity index is 2.80. The van der Waals surface area contributed by atoms with E-state index in [0.29, 0.717) is 5.56 Å². The summed E-state index contributed by atoms with van der Waals surface area (Å²) in [6.45, 7) is 0.235. The summed E-state index contributed by atoms with van der Waals surface area (Å²) < 4.78 is 34.4. The van der Waals surface area contributed by atoms with Crippen molar-refractivity contribution in [1.29, 1.82) is 0 Å². The van der Waals surface area contributed by atoms with Gasteiger partial charge in [-0.05, 0) is 86.3 Å². The highest BCUT2D eigenvalue weighted by atomic mass is 127. The number of carbonyl (C=O) groups is 1. The molecule has 112 valence electrons. The number of benzene rings is 1. The summed E-state index contributed by atoms with van der Waals surface area (Å²) in [5.74, 6) is -0.625. The maximum Gasteiger partial charge on any atom is 0.254 e. The van der Waals surface area contributed by atoms with E-state index in [-0.39, 0.29) is 18.9 Å². The van der Waals surface area contributed by atoms with E-state index >= 15 is 0 Å². The van der Waals surface area contributed by atoms with Crippen molar-refractivity contribution in [2.75, 3.05) is 19.3 Å². The SMILES string of the molecule is CN(CCCS(=O)(=O)[O-])C(=O)c1cc(I)cc(I)c1I. The maximum absolute atomic E-state index is 12.3. The lowest BCUT2D eigenvalue weighted by Gasteiger charge is -2.19. The molecular weight excluding hydrogens is 623 g/mol. The van der Waals surface area contributed by atoms with E-state index in [0.717, 1.165) is 10.7 Å². The monoisotopic (exact) mass is 634 g/mol. The minimum absolute atomic E-state index is 0.145. The number of halogens is 3. The van der Waals surface area contributed by atoms with Crippen LogP contribution in [0.3, 0.4) is 0 Å². The smallest absolute Gasteiger partial charge is 0.254 e. The molecule has 0 aliphatic rings. The van der Waals surface area contributed by atoms with Crippen LogP contribution in [0, 0.1) is 10.7 Å². The number of hydrogen-bond donors (Lipinski definition) is 0. The van der Waals surface area contributed by atoms with Gasteiger partial charge in [0.15, 0.2) is 0 Å². The molecule has 1 aromatic carbocycles. The number of carbonyl (C=O) groups excluding carboxylic acids is 1. The van der Waals surface area contributed by atoms with Crippen LogP contribution in [0.5, 0.6) is 0 Å². The fourth-order valence-corrected chi connectivity index (χ4v) is 4.37. The van der Waals surface area contributed by atoms with Crippen LogP contribution in [0.4, 0.5) is 0 Å². The highest BCUT2D eigenvalue weighted by Gasteiger charge is 2.17. The average molecular weight is 634 g/mol. The molecule has 20 heavy (non-hydrogen) atoms. The Morgan fingerprint density at radius 3 is 2.45 bits per heavy atom. The van der Waals surface area contributed by atoms with Gasteiger partial charge in [0.1, 0.15) is 0 Å². The molecule has 0 aromatic heterocycles. The van der Waals surface area contributed by atoms with E-state index in [2.05, 4.69) is 67.8 Å². The highest BCUT2D eigenvalue weighted by Crippen LogP contribution is 2.23.